The lowest BCUT2D eigenvalue weighted by Crippen LogP contribution is -2.29. The van der Waals surface area contributed by atoms with Gasteiger partial charge in [0.2, 0.25) is 6.10 Å². The molecule has 0 saturated carbocycles. The molecular formula is C30H26O14. The Labute approximate surface area is 248 Å². The zero-order valence-corrected chi connectivity index (χ0v) is 22.8. The molecule has 0 aliphatic carbocycles. The third kappa shape index (κ3) is 6.59. The van der Waals surface area contributed by atoms with Crippen molar-refractivity contribution < 1.29 is 69.1 Å². The molecule has 14 heteroatoms. The highest BCUT2D eigenvalue weighted by Crippen LogP contribution is 2.53. The third-order valence-electron chi connectivity index (χ3n) is 6.68. The van der Waals surface area contributed by atoms with Crippen molar-refractivity contribution in [3.8, 4) is 34.5 Å². The molecule has 0 saturated heterocycles. The smallest absolute Gasteiger partial charge is 0.345 e. The van der Waals surface area contributed by atoms with Crippen molar-refractivity contribution in [2.24, 2.45) is 0 Å². The number of phenols is 5. The summed E-state index contributed by atoms with van der Waals surface area (Å²) in [5.74, 6) is -9.11. The van der Waals surface area contributed by atoms with Crippen LogP contribution in [0, 0.1) is 0 Å². The van der Waals surface area contributed by atoms with Crippen LogP contribution in [0.25, 0.3) is 6.08 Å². The number of phenolic OH excluding ortho intramolecular Hbond substituents is 5. The van der Waals surface area contributed by atoms with Gasteiger partial charge < -0.3 is 50.0 Å². The molecule has 0 spiro atoms. The van der Waals surface area contributed by atoms with E-state index in [9.17, 15) is 54.9 Å². The average molecular weight is 611 g/mol. The van der Waals surface area contributed by atoms with Gasteiger partial charge in [-0.3, -0.25) is 4.79 Å². The zero-order valence-electron chi connectivity index (χ0n) is 22.8. The summed E-state index contributed by atoms with van der Waals surface area (Å²) in [7, 11) is 0. The average Bonchev–Trinajstić information content (AvgIpc) is 3.37. The quantitative estimate of drug-likeness (QED) is 0.0993. The van der Waals surface area contributed by atoms with Crippen LogP contribution in [0.2, 0.25) is 0 Å². The van der Waals surface area contributed by atoms with Crippen LogP contribution in [0.3, 0.4) is 0 Å². The first kappa shape index (κ1) is 31.0. The minimum absolute atomic E-state index is 0.0106. The first-order valence-electron chi connectivity index (χ1n) is 12.9. The minimum Gasteiger partial charge on any atom is -0.504 e. The highest BCUT2D eigenvalue weighted by atomic mass is 16.6. The van der Waals surface area contributed by atoms with Gasteiger partial charge in [-0.05, 0) is 60.0 Å². The molecule has 4 rings (SSSR count). The number of hydrogen-bond donors (Lipinski definition) is 7. The summed E-state index contributed by atoms with van der Waals surface area (Å²) >= 11 is 0. The predicted molar refractivity (Wildman–Crippen MR) is 147 cm³/mol. The van der Waals surface area contributed by atoms with E-state index in [1.807, 2.05) is 0 Å². The number of aromatic hydroxyl groups is 5. The second-order valence-corrected chi connectivity index (χ2v) is 9.72. The number of carboxylic acids is 2. The van der Waals surface area contributed by atoms with Crippen LogP contribution in [0.5, 0.6) is 34.5 Å². The second-order valence-electron chi connectivity index (χ2n) is 9.72. The minimum atomic E-state index is -1.68. The lowest BCUT2D eigenvalue weighted by molar-refractivity contribution is -0.164. The molecule has 3 aromatic rings. The van der Waals surface area contributed by atoms with Gasteiger partial charge in [-0.2, -0.15) is 0 Å². The van der Waals surface area contributed by atoms with Gasteiger partial charge in [0, 0.05) is 18.1 Å². The summed E-state index contributed by atoms with van der Waals surface area (Å²) in [6.07, 6.45) is -2.87. The Kier molecular flexibility index (Phi) is 8.83. The maximum absolute atomic E-state index is 13.3. The monoisotopic (exact) mass is 610 g/mol. The van der Waals surface area contributed by atoms with E-state index in [1.165, 1.54) is 24.3 Å². The number of hydrogen-bond acceptors (Lipinski definition) is 12. The molecule has 0 radical (unpaired) electrons. The highest BCUT2D eigenvalue weighted by molar-refractivity contribution is 5.91. The van der Waals surface area contributed by atoms with Crippen LogP contribution in [0.15, 0.2) is 54.6 Å². The van der Waals surface area contributed by atoms with Crippen LogP contribution in [-0.4, -0.2) is 71.8 Å². The molecule has 3 aromatic carbocycles. The summed E-state index contributed by atoms with van der Waals surface area (Å²) in [6.45, 7) is 1.12. The van der Waals surface area contributed by atoms with Crippen molar-refractivity contribution in [1.82, 2.24) is 0 Å². The standard InChI is InChI=1S/C30H26O14/c1-13(28(37)38)42-30(41)25-24-15(3-8-19(33)27(24)44-26(25)16-4-7-18(32)21(35)12-16)5-9-23(36)43-22(29(39)40)11-14-2-6-17(31)20(34)10-14/h2-10,12-13,22,25-26,31-35H,11H2,1H3,(H,37,38)(H,39,40)/b9-5+. The molecule has 0 fully saturated rings. The Morgan fingerprint density at radius 1 is 0.818 bits per heavy atom. The number of rotatable bonds is 10. The van der Waals surface area contributed by atoms with E-state index in [4.69, 9.17) is 14.2 Å². The molecule has 1 aliphatic rings. The predicted octanol–water partition coefficient (Wildman–Crippen LogP) is 2.70. The van der Waals surface area contributed by atoms with Crippen molar-refractivity contribution in [3.05, 3.63) is 76.9 Å². The number of fused-ring (bicyclic) bond motifs is 1. The van der Waals surface area contributed by atoms with Gasteiger partial charge in [-0.15, -0.1) is 0 Å². The van der Waals surface area contributed by atoms with Gasteiger partial charge in [0.15, 0.2) is 40.6 Å². The molecule has 7 N–H and O–H groups in total. The Hall–Kier alpha value is -5.92. The maximum atomic E-state index is 13.3. The Bertz CT molecular complexity index is 1660. The molecule has 14 nitrogen and oxygen atoms in total. The number of carbonyl (C=O) groups excluding carboxylic acids is 2. The van der Waals surface area contributed by atoms with Crippen molar-refractivity contribution >= 4 is 30.0 Å². The molecule has 4 unspecified atom stereocenters. The molecule has 1 heterocycles. The summed E-state index contributed by atoms with van der Waals surface area (Å²) < 4.78 is 16.0. The number of esters is 2. The van der Waals surface area contributed by atoms with Crippen LogP contribution in [-0.2, 0) is 35.1 Å². The fraction of sp³-hybridized carbons (Fsp3) is 0.200. The normalized spacial score (nSPS) is 16.8. The lowest BCUT2D eigenvalue weighted by atomic mass is 9.87. The number of benzene rings is 3. The van der Waals surface area contributed by atoms with E-state index in [0.29, 0.717) is 0 Å². The molecular weight excluding hydrogens is 584 g/mol. The molecule has 0 amide bonds. The van der Waals surface area contributed by atoms with Crippen LogP contribution >= 0.6 is 0 Å². The van der Waals surface area contributed by atoms with Gasteiger partial charge >= 0.3 is 23.9 Å². The van der Waals surface area contributed by atoms with Gasteiger partial charge in [0.25, 0.3) is 0 Å². The highest BCUT2D eigenvalue weighted by Gasteiger charge is 2.45. The molecule has 4 atom stereocenters. The maximum Gasteiger partial charge on any atom is 0.345 e. The van der Waals surface area contributed by atoms with E-state index in [2.05, 4.69) is 0 Å². The van der Waals surface area contributed by atoms with Gasteiger partial charge in [-0.1, -0.05) is 18.2 Å². The largest absolute Gasteiger partial charge is 0.504 e. The lowest BCUT2D eigenvalue weighted by Gasteiger charge is -2.20. The number of aliphatic carboxylic acids is 2. The number of carboxylic acid groups (broad SMARTS) is 2. The van der Waals surface area contributed by atoms with E-state index >= 15 is 0 Å². The third-order valence-corrected chi connectivity index (χ3v) is 6.68. The van der Waals surface area contributed by atoms with Crippen molar-refractivity contribution in [1.29, 1.82) is 0 Å². The molecule has 1 aliphatic heterocycles. The zero-order chi connectivity index (χ0) is 32.3. The topological polar surface area (TPSA) is 238 Å². The van der Waals surface area contributed by atoms with Crippen molar-refractivity contribution in [2.75, 3.05) is 0 Å². The Morgan fingerprint density at radius 3 is 2.07 bits per heavy atom. The fourth-order valence-corrected chi connectivity index (χ4v) is 4.48. The van der Waals surface area contributed by atoms with Gasteiger partial charge in [0.1, 0.15) is 12.0 Å². The molecule has 230 valence electrons. The van der Waals surface area contributed by atoms with Crippen molar-refractivity contribution in [3.63, 3.8) is 0 Å². The summed E-state index contributed by atoms with van der Waals surface area (Å²) in [6, 6.07) is 9.67. The fourth-order valence-electron chi connectivity index (χ4n) is 4.48. The first-order valence-corrected chi connectivity index (χ1v) is 12.9. The number of ether oxygens (including phenoxy) is 3. The van der Waals surface area contributed by atoms with E-state index in [0.717, 1.165) is 43.3 Å². The Morgan fingerprint density at radius 2 is 1.45 bits per heavy atom. The van der Waals surface area contributed by atoms with Crippen LogP contribution in [0.1, 0.15) is 41.2 Å². The van der Waals surface area contributed by atoms with Gasteiger partial charge in [0.05, 0.1) is 0 Å². The first-order chi connectivity index (χ1) is 20.8. The Balaban J connectivity index is 1.66. The SMILES string of the molecule is CC(OC(=O)C1c2c(/C=C/C(=O)OC(Cc3ccc(O)c(O)c3)C(=O)O)ccc(O)c2OC1c1ccc(O)c(O)c1)C(=O)O. The molecule has 0 bridgehead atoms. The van der Waals surface area contributed by atoms with E-state index < -0.39 is 76.9 Å². The number of carbonyl (C=O) groups is 4. The molecule has 0 aromatic heterocycles. The summed E-state index contributed by atoms with van der Waals surface area (Å²) in [4.78, 5) is 49.1. The second kappa shape index (κ2) is 12.5. The summed E-state index contributed by atoms with van der Waals surface area (Å²) in [5, 5.41) is 68.2. The van der Waals surface area contributed by atoms with E-state index in [-0.39, 0.29) is 34.4 Å². The molecule has 44 heavy (non-hydrogen) atoms. The van der Waals surface area contributed by atoms with Gasteiger partial charge in [-0.25, -0.2) is 14.4 Å². The van der Waals surface area contributed by atoms with Crippen LogP contribution < -0.4 is 4.74 Å². The van der Waals surface area contributed by atoms with E-state index in [1.54, 1.807) is 0 Å². The summed E-state index contributed by atoms with van der Waals surface area (Å²) in [5.41, 5.74) is 0.505. The van der Waals surface area contributed by atoms with Crippen LogP contribution in [0.4, 0.5) is 0 Å². The van der Waals surface area contributed by atoms with Crippen molar-refractivity contribution in [2.45, 2.75) is 37.6 Å².